The van der Waals surface area contributed by atoms with Gasteiger partial charge >= 0.3 is 0 Å². The standard InChI is InChI=1S/C14H21NO3/c1-2-12(16)10-15-9-11-5-3-6-13-14(11)18-8-4-7-17-13/h3,5-6,12,15-16H,2,4,7-10H2,1H3. The first-order chi connectivity index (χ1) is 8.81. The minimum absolute atomic E-state index is 0.288. The second kappa shape index (κ2) is 6.61. The molecular formula is C14H21NO3. The summed E-state index contributed by atoms with van der Waals surface area (Å²) in [6, 6.07) is 5.94. The summed E-state index contributed by atoms with van der Waals surface area (Å²) in [5.74, 6) is 1.66. The summed E-state index contributed by atoms with van der Waals surface area (Å²) in [5, 5.41) is 12.7. The summed E-state index contributed by atoms with van der Waals surface area (Å²) >= 11 is 0. The first-order valence-corrected chi connectivity index (χ1v) is 6.57. The zero-order chi connectivity index (χ0) is 12.8. The van der Waals surface area contributed by atoms with Crippen LogP contribution in [-0.2, 0) is 6.54 Å². The van der Waals surface area contributed by atoms with E-state index < -0.39 is 0 Å². The van der Waals surface area contributed by atoms with Crippen molar-refractivity contribution in [2.45, 2.75) is 32.4 Å². The van der Waals surface area contributed by atoms with E-state index in [2.05, 4.69) is 5.32 Å². The number of ether oxygens (including phenoxy) is 2. The molecular weight excluding hydrogens is 230 g/mol. The number of aliphatic hydroxyl groups excluding tert-OH is 1. The van der Waals surface area contributed by atoms with Gasteiger partial charge in [0.05, 0.1) is 19.3 Å². The van der Waals surface area contributed by atoms with Crippen molar-refractivity contribution in [2.75, 3.05) is 19.8 Å². The highest BCUT2D eigenvalue weighted by molar-refractivity contribution is 5.47. The molecule has 1 heterocycles. The Labute approximate surface area is 108 Å². The van der Waals surface area contributed by atoms with Crippen molar-refractivity contribution in [1.82, 2.24) is 5.32 Å². The van der Waals surface area contributed by atoms with Crippen LogP contribution in [0.3, 0.4) is 0 Å². The van der Waals surface area contributed by atoms with E-state index in [1.807, 2.05) is 25.1 Å². The minimum Gasteiger partial charge on any atom is -0.490 e. The lowest BCUT2D eigenvalue weighted by Gasteiger charge is -2.14. The van der Waals surface area contributed by atoms with E-state index in [4.69, 9.17) is 9.47 Å². The minimum atomic E-state index is -0.288. The van der Waals surface area contributed by atoms with Gasteiger partial charge in [-0.2, -0.15) is 0 Å². The first-order valence-electron chi connectivity index (χ1n) is 6.57. The Morgan fingerprint density at radius 2 is 2.17 bits per heavy atom. The highest BCUT2D eigenvalue weighted by Crippen LogP contribution is 2.33. The molecule has 1 aromatic carbocycles. The average molecular weight is 251 g/mol. The molecule has 100 valence electrons. The maximum atomic E-state index is 9.50. The predicted octanol–water partition coefficient (Wildman–Crippen LogP) is 1.71. The van der Waals surface area contributed by atoms with Crippen LogP contribution >= 0.6 is 0 Å². The van der Waals surface area contributed by atoms with Crippen LogP contribution in [0, 0.1) is 0 Å². The van der Waals surface area contributed by atoms with E-state index in [0.29, 0.717) is 26.3 Å². The number of nitrogens with one attached hydrogen (secondary N) is 1. The lowest BCUT2D eigenvalue weighted by atomic mass is 10.1. The quantitative estimate of drug-likeness (QED) is 0.836. The molecule has 0 radical (unpaired) electrons. The van der Waals surface area contributed by atoms with Crippen molar-refractivity contribution in [2.24, 2.45) is 0 Å². The van der Waals surface area contributed by atoms with E-state index in [-0.39, 0.29) is 6.10 Å². The average Bonchev–Trinajstić information content (AvgIpc) is 2.64. The molecule has 1 aliphatic rings. The predicted molar refractivity (Wildman–Crippen MR) is 70.1 cm³/mol. The normalized spacial score (nSPS) is 16.1. The van der Waals surface area contributed by atoms with Crippen LogP contribution in [0.4, 0.5) is 0 Å². The Hall–Kier alpha value is -1.26. The maximum Gasteiger partial charge on any atom is 0.165 e. The topological polar surface area (TPSA) is 50.7 Å². The number of para-hydroxylation sites is 1. The number of benzene rings is 1. The summed E-state index contributed by atoms with van der Waals surface area (Å²) in [6.45, 7) is 4.66. The highest BCUT2D eigenvalue weighted by Gasteiger charge is 2.14. The molecule has 2 rings (SSSR count). The lowest BCUT2D eigenvalue weighted by molar-refractivity contribution is 0.167. The van der Waals surface area contributed by atoms with Crippen LogP contribution in [-0.4, -0.2) is 31.0 Å². The second-order valence-electron chi connectivity index (χ2n) is 4.49. The van der Waals surface area contributed by atoms with Crippen molar-refractivity contribution >= 4 is 0 Å². The van der Waals surface area contributed by atoms with Gasteiger partial charge in [-0.1, -0.05) is 19.1 Å². The molecule has 0 amide bonds. The number of fused-ring (bicyclic) bond motifs is 1. The molecule has 0 aromatic heterocycles. The Balaban J connectivity index is 1.99. The fourth-order valence-electron chi connectivity index (χ4n) is 1.91. The van der Waals surface area contributed by atoms with Gasteiger partial charge in [-0.3, -0.25) is 0 Å². The van der Waals surface area contributed by atoms with E-state index in [9.17, 15) is 5.11 Å². The zero-order valence-corrected chi connectivity index (χ0v) is 10.8. The van der Waals surface area contributed by atoms with Crippen LogP contribution in [0.25, 0.3) is 0 Å². The van der Waals surface area contributed by atoms with Gasteiger partial charge in [-0.05, 0) is 12.5 Å². The zero-order valence-electron chi connectivity index (χ0n) is 10.8. The van der Waals surface area contributed by atoms with Crippen LogP contribution < -0.4 is 14.8 Å². The van der Waals surface area contributed by atoms with Gasteiger partial charge in [0.25, 0.3) is 0 Å². The molecule has 0 bridgehead atoms. The van der Waals surface area contributed by atoms with E-state index in [1.54, 1.807) is 0 Å². The largest absolute Gasteiger partial charge is 0.490 e. The monoisotopic (exact) mass is 251 g/mol. The summed E-state index contributed by atoms with van der Waals surface area (Å²) in [7, 11) is 0. The maximum absolute atomic E-state index is 9.50. The molecule has 1 atom stereocenters. The van der Waals surface area contributed by atoms with Crippen LogP contribution in [0.5, 0.6) is 11.5 Å². The number of aliphatic hydroxyl groups is 1. The summed E-state index contributed by atoms with van der Waals surface area (Å²) in [6.07, 6.45) is 1.39. The van der Waals surface area contributed by atoms with Crippen LogP contribution in [0.1, 0.15) is 25.3 Å². The highest BCUT2D eigenvalue weighted by atomic mass is 16.5. The van der Waals surface area contributed by atoms with Crippen molar-refractivity contribution < 1.29 is 14.6 Å². The van der Waals surface area contributed by atoms with Gasteiger partial charge in [0.15, 0.2) is 11.5 Å². The van der Waals surface area contributed by atoms with Crippen molar-refractivity contribution in [1.29, 1.82) is 0 Å². The van der Waals surface area contributed by atoms with E-state index in [1.165, 1.54) is 0 Å². The van der Waals surface area contributed by atoms with Gasteiger partial charge in [-0.25, -0.2) is 0 Å². The fourth-order valence-corrected chi connectivity index (χ4v) is 1.91. The van der Waals surface area contributed by atoms with E-state index >= 15 is 0 Å². The van der Waals surface area contributed by atoms with Crippen molar-refractivity contribution in [3.63, 3.8) is 0 Å². The number of hydrogen-bond donors (Lipinski definition) is 2. The molecule has 0 aliphatic carbocycles. The molecule has 1 aliphatic heterocycles. The van der Waals surface area contributed by atoms with E-state index in [0.717, 1.165) is 29.9 Å². The Morgan fingerprint density at radius 3 is 3.00 bits per heavy atom. The third-order valence-corrected chi connectivity index (χ3v) is 3.02. The van der Waals surface area contributed by atoms with Crippen LogP contribution in [0.15, 0.2) is 18.2 Å². The Morgan fingerprint density at radius 1 is 1.33 bits per heavy atom. The third kappa shape index (κ3) is 3.37. The third-order valence-electron chi connectivity index (χ3n) is 3.02. The lowest BCUT2D eigenvalue weighted by Crippen LogP contribution is -2.25. The molecule has 0 saturated carbocycles. The molecule has 2 N–H and O–H groups in total. The van der Waals surface area contributed by atoms with Gasteiger partial charge in [0.1, 0.15) is 0 Å². The summed E-state index contributed by atoms with van der Waals surface area (Å²) < 4.78 is 11.4. The molecule has 1 unspecified atom stereocenters. The Kier molecular flexibility index (Phi) is 4.84. The SMILES string of the molecule is CCC(O)CNCc1cccc2c1OCCCO2. The molecule has 0 saturated heterocycles. The molecule has 0 fully saturated rings. The summed E-state index contributed by atoms with van der Waals surface area (Å²) in [5.41, 5.74) is 1.08. The van der Waals surface area contributed by atoms with Gasteiger partial charge in [0, 0.05) is 25.1 Å². The first kappa shape index (κ1) is 13.2. The molecule has 1 aromatic rings. The number of hydrogen-bond acceptors (Lipinski definition) is 4. The van der Waals surface area contributed by atoms with Gasteiger partial charge in [0.2, 0.25) is 0 Å². The molecule has 4 nitrogen and oxygen atoms in total. The molecule has 4 heteroatoms. The fraction of sp³-hybridized carbons (Fsp3) is 0.571. The molecule has 18 heavy (non-hydrogen) atoms. The Bertz CT molecular complexity index is 381. The smallest absolute Gasteiger partial charge is 0.165 e. The summed E-state index contributed by atoms with van der Waals surface area (Å²) in [4.78, 5) is 0. The van der Waals surface area contributed by atoms with Gasteiger partial charge in [-0.15, -0.1) is 0 Å². The van der Waals surface area contributed by atoms with Crippen molar-refractivity contribution in [3.8, 4) is 11.5 Å². The second-order valence-corrected chi connectivity index (χ2v) is 4.49. The van der Waals surface area contributed by atoms with Gasteiger partial charge < -0.3 is 19.9 Å². The molecule has 0 spiro atoms. The van der Waals surface area contributed by atoms with Crippen LogP contribution in [0.2, 0.25) is 0 Å². The number of rotatable bonds is 5. The van der Waals surface area contributed by atoms with Crippen molar-refractivity contribution in [3.05, 3.63) is 23.8 Å².